The van der Waals surface area contributed by atoms with Crippen molar-refractivity contribution in [1.82, 2.24) is 9.88 Å². The Bertz CT molecular complexity index is 679. The van der Waals surface area contributed by atoms with Gasteiger partial charge in [0.1, 0.15) is 5.69 Å². The van der Waals surface area contributed by atoms with Gasteiger partial charge in [0.05, 0.1) is 0 Å². The number of nitrogens with one attached hydrogen (secondary N) is 1. The second-order valence-corrected chi connectivity index (χ2v) is 6.72. The average molecular weight is 359 g/mol. The third-order valence-corrected chi connectivity index (χ3v) is 4.49. The third-order valence-electron chi connectivity index (χ3n) is 3.73. The highest BCUT2D eigenvalue weighted by Crippen LogP contribution is 2.18. The Hall–Kier alpha value is -2.21. The molecular formula is C19H25N3O2S. The Balaban J connectivity index is 1.89. The highest BCUT2D eigenvalue weighted by molar-refractivity contribution is 7.14. The summed E-state index contributed by atoms with van der Waals surface area (Å²) in [6, 6.07) is 9.89. The largest absolute Gasteiger partial charge is 0.337 e. The summed E-state index contributed by atoms with van der Waals surface area (Å²) in [7, 11) is 0. The van der Waals surface area contributed by atoms with Crippen molar-refractivity contribution in [2.45, 2.75) is 39.5 Å². The SMILES string of the molecule is CCCN(CCC)C(=O)c1csc(NC(=O)CCc2ccccc2)n1. The van der Waals surface area contributed by atoms with Gasteiger partial charge in [-0.2, -0.15) is 0 Å². The number of aryl methyl sites for hydroxylation is 1. The van der Waals surface area contributed by atoms with Gasteiger partial charge in [-0.1, -0.05) is 44.2 Å². The van der Waals surface area contributed by atoms with Crippen LogP contribution in [0.1, 0.15) is 49.2 Å². The normalized spacial score (nSPS) is 10.5. The molecule has 0 aliphatic carbocycles. The van der Waals surface area contributed by atoms with Crippen molar-refractivity contribution in [1.29, 1.82) is 0 Å². The van der Waals surface area contributed by atoms with E-state index in [1.807, 2.05) is 35.2 Å². The van der Waals surface area contributed by atoms with Crippen LogP contribution in [0.4, 0.5) is 5.13 Å². The molecule has 2 rings (SSSR count). The van der Waals surface area contributed by atoms with Gasteiger partial charge in [-0.05, 0) is 24.8 Å². The molecule has 0 spiro atoms. The number of aromatic nitrogens is 1. The quantitative estimate of drug-likeness (QED) is 0.737. The summed E-state index contributed by atoms with van der Waals surface area (Å²) < 4.78 is 0. The fourth-order valence-electron chi connectivity index (χ4n) is 2.53. The van der Waals surface area contributed by atoms with Gasteiger partial charge >= 0.3 is 0 Å². The minimum absolute atomic E-state index is 0.0651. The van der Waals surface area contributed by atoms with Crippen LogP contribution in [0.3, 0.4) is 0 Å². The number of thiazole rings is 1. The molecule has 0 atom stereocenters. The first-order chi connectivity index (χ1) is 12.1. The summed E-state index contributed by atoms with van der Waals surface area (Å²) in [6.07, 6.45) is 2.91. The highest BCUT2D eigenvalue weighted by Gasteiger charge is 2.18. The van der Waals surface area contributed by atoms with Crippen LogP contribution < -0.4 is 5.32 Å². The topological polar surface area (TPSA) is 62.3 Å². The van der Waals surface area contributed by atoms with E-state index in [1.54, 1.807) is 5.38 Å². The molecule has 0 unspecified atom stereocenters. The molecule has 0 radical (unpaired) electrons. The minimum Gasteiger partial charge on any atom is -0.337 e. The van der Waals surface area contributed by atoms with Crippen molar-refractivity contribution in [2.24, 2.45) is 0 Å². The van der Waals surface area contributed by atoms with Crippen LogP contribution in [0.5, 0.6) is 0 Å². The van der Waals surface area contributed by atoms with E-state index in [9.17, 15) is 9.59 Å². The first-order valence-corrected chi connectivity index (χ1v) is 9.60. The van der Waals surface area contributed by atoms with Crippen LogP contribution in [0.15, 0.2) is 35.7 Å². The van der Waals surface area contributed by atoms with E-state index in [-0.39, 0.29) is 11.8 Å². The second kappa shape index (κ2) is 9.93. The number of hydrogen-bond donors (Lipinski definition) is 1. The molecule has 0 saturated heterocycles. The zero-order valence-corrected chi connectivity index (χ0v) is 15.6. The Morgan fingerprint density at radius 1 is 1.12 bits per heavy atom. The summed E-state index contributed by atoms with van der Waals surface area (Å²) in [6.45, 7) is 5.55. The lowest BCUT2D eigenvalue weighted by Gasteiger charge is -2.20. The molecule has 0 aliphatic rings. The van der Waals surface area contributed by atoms with Gasteiger partial charge in [0, 0.05) is 24.9 Å². The molecule has 2 aromatic rings. The average Bonchev–Trinajstić information content (AvgIpc) is 3.08. The molecule has 1 heterocycles. The number of amides is 2. The van der Waals surface area contributed by atoms with Crippen molar-refractivity contribution < 1.29 is 9.59 Å². The van der Waals surface area contributed by atoms with Gasteiger partial charge in [-0.15, -0.1) is 11.3 Å². The van der Waals surface area contributed by atoms with Gasteiger partial charge in [0.2, 0.25) is 5.91 Å². The van der Waals surface area contributed by atoms with Gasteiger partial charge in [-0.3, -0.25) is 9.59 Å². The second-order valence-electron chi connectivity index (χ2n) is 5.86. The van der Waals surface area contributed by atoms with Crippen molar-refractivity contribution in [3.8, 4) is 0 Å². The number of carbonyl (C=O) groups excluding carboxylic acids is 2. The van der Waals surface area contributed by atoms with E-state index in [2.05, 4.69) is 24.1 Å². The number of anilines is 1. The predicted molar refractivity (Wildman–Crippen MR) is 102 cm³/mol. The van der Waals surface area contributed by atoms with Gasteiger partial charge < -0.3 is 10.2 Å². The first-order valence-electron chi connectivity index (χ1n) is 8.72. The molecule has 0 fully saturated rings. The Morgan fingerprint density at radius 3 is 2.44 bits per heavy atom. The van der Waals surface area contributed by atoms with E-state index in [1.165, 1.54) is 11.3 Å². The first kappa shape index (κ1) is 19.1. The van der Waals surface area contributed by atoms with Gasteiger partial charge in [0.15, 0.2) is 5.13 Å². The van der Waals surface area contributed by atoms with Crippen LogP contribution in [0.2, 0.25) is 0 Å². The summed E-state index contributed by atoms with van der Waals surface area (Å²) in [5.74, 6) is -0.152. The molecule has 25 heavy (non-hydrogen) atoms. The molecule has 1 N–H and O–H groups in total. The maximum atomic E-state index is 12.5. The van der Waals surface area contributed by atoms with Crippen molar-refractivity contribution in [2.75, 3.05) is 18.4 Å². The zero-order chi connectivity index (χ0) is 18.1. The monoisotopic (exact) mass is 359 g/mol. The Labute approximate surface area is 153 Å². The fraction of sp³-hybridized carbons (Fsp3) is 0.421. The minimum atomic E-state index is -0.0869. The predicted octanol–water partition coefficient (Wildman–Crippen LogP) is 3.98. The number of rotatable bonds is 9. The number of nitrogens with zero attached hydrogens (tertiary/aromatic N) is 2. The summed E-state index contributed by atoms with van der Waals surface area (Å²) in [5, 5.41) is 4.98. The molecule has 1 aromatic carbocycles. The van der Waals surface area contributed by atoms with Crippen LogP contribution in [-0.2, 0) is 11.2 Å². The van der Waals surface area contributed by atoms with E-state index >= 15 is 0 Å². The number of benzene rings is 1. The maximum Gasteiger partial charge on any atom is 0.273 e. The lowest BCUT2D eigenvalue weighted by Crippen LogP contribution is -2.32. The number of hydrogen-bond acceptors (Lipinski definition) is 4. The molecule has 134 valence electrons. The van der Waals surface area contributed by atoms with E-state index < -0.39 is 0 Å². The van der Waals surface area contributed by atoms with Gasteiger partial charge in [0.25, 0.3) is 5.91 Å². The molecule has 5 nitrogen and oxygen atoms in total. The third kappa shape index (κ3) is 5.98. The lowest BCUT2D eigenvalue weighted by atomic mass is 10.1. The Morgan fingerprint density at radius 2 is 1.80 bits per heavy atom. The maximum absolute atomic E-state index is 12.5. The molecule has 0 aliphatic heterocycles. The summed E-state index contributed by atoms with van der Waals surface area (Å²) in [4.78, 5) is 30.7. The molecule has 0 saturated carbocycles. The summed E-state index contributed by atoms with van der Waals surface area (Å²) in [5.41, 5.74) is 1.53. The summed E-state index contributed by atoms with van der Waals surface area (Å²) >= 11 is 1.29. The number of carbonyl (C=O) groups is 2. The smallest absolute Gasteiger partial charge is 0.273 e. The van der Waals surface area contributed by atoms with Crippen molar-refractivity contribution in [3.63, 3.8) is 0 Å². The van der Waals surface area contributed by atoms with Crippen LogP contribution in [0, 0.1) is 0 Å². The zero-order valence-electron chi connectivity index (χ0n) is 14.8. The van der Waals surface area contributed by atoms with Crippen LogP contribution in [-0.4, -0.2) is 34.8 Å². The van der Waals surface area contributed by atoms with Crippen molar-refractivity contribution >= 4 is 28.3 Å². The van der Waals surface area contributed by atoms with E-state index in [0.717, 1.165) is 31.5 Å². The standard InChI is InChI=1S/C19H25N3O2S/c1-3-12-22(13-4-2)18(24)16-14-25-19(20-16)21-17(23)11-10-15-8-6-5-7-9-15/h5-9,14H,3-4,10-13H2,1-2H3,(H,20,21,23). The fourth-order valence-corrected chi connectivity index (χ4v) is 3.23. The molecule has 2 amide bonds. The van der Waals surface area contributed by atoms with Crippen molar-refractivity contribution in [3.05, 3.63) is 47.0 Å². The lowest BCUT2D eigenvalue weighted by molar-refractivity contribution is -0.116. The van der Waals surface area contributed by atoms with Crippen LogP contribution >= 0.6 is 11.3 Å². The Kier molecular flexibility index (Phi) is 7.60. The van der Waals surface area contributed by atoms with E-state index in [4.69, 9.17) is 0 Å². The molecular weight excluding hydrogens is 334 g/mol. The highest BCUT2D eigenvalue weighted by atomic mass is 32.1. The van der Waals surface area contributed by atoms with Gasteiger partial charge in [-0.25, -0.2) is 4.98 Å². The molecule has 0 bridgehead atoms. The van der Waals surface area contributed by atoms with E-state index in [0.29, 0.717) is 23.7 Å². The molecule has 1 aromatic heterocycles. The van der Waals surface area contributed by atoms with Crippen LogP contribution in [0.25, 0.3) is 0 Å². The molecule has 6 heteroatoms.